The van der Waals surface area contributed by atoms with Crippen molar-refractivity contribution < 1.29 is 33.3 Å². The first kappa shape index (κ1) is 13.4. The second-order valence-corrected chi connectivity index (χ2v) is 3.53. The Bertz CT molecular complexity index is 301. The van der Waals surface area contributed by atoms with Crippen LogP contribution in [0.25, 0.3) is 0 Å². The van der Waals surface area contributed by atoms with E-state index in [1.54, 1.807) is 0 Å². The van der Waals surface area contributed by atoms with Gasteiger partial charge in [-0.05, 0) is 0 Å². The van der Waals surface area contributed by atoms with Gasteiger partial charge in [-0.25, -0.2) is 0 Å². The average Bonchev–Trinajstić information content (AvgIpc) is 2.47. The molecule has 0 aromatic rings. The molecule has 96 valence electrons. The summed E-state index contributed by atoms with van der Waals surface area (Å²) in [4.78, 5) is 32.5. The minimum atomic E-state index is -1.04. The van der Waals surface area contributed by atoms with Crippen LogP contribution in [0.2, 0.25) is 0 Å². The van der Waals surface area contributed by atoms with E-state index in [0.29, 0.717) is 0 Å². The van der Waals surface area contributed by atoms with Crippen molar-refractivity contribution in [3.8, 4) is 0 Å². The zero-order valence-corrected chi connectivity index (χ0v) is 9.80. The number of hydrogen-bond donors (Lipinski definition) is 0. The van der Waals surface area contributed by atoms with Crippen molar-refractivity contribution in [2.24, 2.45) is 0 Å². The van der Waals surface area contributed by atoms with Crippen molar-refractivity contribution in [3.63, 3.8) is 0 Å². The monoisotopic (exact) mass is 246 g/mol. The summed E-state index contributed by atoms with van der Waals surface area (Å²) < 4.78 is 19.7. The highest BCUT2D eigenvalue weighted by Gasteiger charge is 2.44. The van der Waals surface area contributed by atoms with E-state index in [1.807, 2.05) is 0 Å². The fourth-order valence-electron chi connectivity index (χ4n) is 1.46. The molecule has 0 bridgehead atoms. The first-order valence-electron chi connectivity index (χ1n) is 5.03. The number of carbonyl (C=O) groups is 3. The van der Waals surface area contributed by atoms with E-state index in [0.717, 1.165) is 0 Å². The second-order valence-electron chi connectivity index (χ2n) is 3.53. The maximum absolute atomic E-state index is 10.9. The van der Waals surface area contributed by atoms with Gasteiger partial charge in [0.2, 0.25) is 12.4 Å². The molecule has 7 heteroatoms. The predicted molar refractivity (Wildman–Crippen MR) is 52.6 cm³/mol. The number of carbonyl (C=O) groups excluding carboxylic acids is 3. The summed E-state index contributed by atoms with van der Waals surface area (Å²) in [5.74, 6) is -1.68. The van der Waals surface area contributed by atoms with Gasteiger partial charge in [-0.2, -0.15) is 0 Å². The van der Waals surface area contributed by atoms with Crippen LogP contribution in [0, 0.1) is 0 Å². The molecule has 1 aliphatic rings. The Morgan fingerprint density at radius 2 is 1.47 bits per heavy atom. The van der Waals surface area contributed by atoms with E-state index in [1.165, 1.54) is 20.8 Å². The number of ether oxygens (including phenoxy) is 4. The lowest BCUT2D eigenvalue weighted by atomic mass is 10.2. The Morgan fingerprint density at radius 3 is 1.94 bits per heavy atom. The van der Waals surface area contributed by atoms with Crippen LogP contribution in [0.5, 0.6) is 0 Å². The van der Waals surface area contributed by atoms with Crippen molar-refractivity contribution in [1.29, 1.82) is 0 Å². The predicted octanol–water partition coefficient (Wildman–Crippen LogP) is -0.231. The lowest BCUT2D eigenvalue weighted by Crippen LogP contribution is -2.39. The van der Waals surface area contributed by atoms with Gasteiger partial charge in [0.25, 0.3) is 0 Å². The van der Waals surface area contributed by atoms with Gasteiger partial charge in [0.05, 0.1) is 6.61 Å². The summed E-state index contributed by atoms with van der Waals surface area (Å²) >= 11 is 0. The molecule has 0 saturated carbocycles. The molecule has 0 spiro atoms. The quantitative estimate of drug-likeness (QED) is 0.502. The molecule has 0 aromatic heterocycles. The van der Waals surface area contributed by atoms with Crippen LogP contribution in [0.15, 0.2) is 0 Å². The Kier molecular flexibility index (Phi) is 4.45. The van der Waals surface area contributed by atoms with Crippen LogP contribution >= 0.6 is 0 Å². The molecule has 1 saturated heterocycles. The average molecular weight is 246 g/mol. The molecule has 17 heavy (non-hydrogen) atoms. The molecule has 0 N–H and O–H groups in total. The van der Waals surface area contributed by atoms with Crippen LogP contribution in [-0.2, 0) is 33.3 Å². The molecule has 7 nitrogen and oxygen atoms in total. The summed E-state index contributed by atoms with van der Waals surface area (Å²) in [6.45, 7) is 3.64. The summed E-state index contributed by atoms with van der Waals surface area (Å²) in [5.41, 5.74) is 0. The third kappa shape index (κ3) is 4.03. The Balaban J connectivity index is 2.69. The van der Waals surface area contributed by atoms with Crippen molar-refractivity contribution in [3.05, 3.63) is 0 Å². The molecular formula is C10H14O7. The van der Waals surface area contributed by atoms with E-state index in [9.17, 15) is 14.4 Å². The topological polar surface area (TPSA) is 88.1 Å². The first-order valence-corrected chi connectivity index (χ1v) is 5.03. The Labute approximate surface area is 98.0 Å². The van der Waals surface area contributed by atoms with E-state index >= 15 is 0 Å². The largest absolute Gasteiger partial charge is 0.456 e. The van der Waals surface area contributed by atoms with E-state index in [2.05, 4.69) is 0 Å². The molecule has 1 fully saturated rings. The fourth-order valence-corrected chi connectivity index (χ4v) is 1.46. The summed E-state index contributed by atoms with van der Waals surface area (Å²) in [7, 11) is 0. The maximum Gasteiger partial charge on any atom is 0.305 e. The zero-order valence-electron chi connectivity index (χ0n) is 9.80. The molecule has 1 aliphatic heterocycles. The van der Waals surface area contributed by atoms with Gasteiger partial charge in [0.15, 0.2) is 6.10 Å². The number of esters is 3. The normalized spacial score (nSPS) is 27.4. The van der Waals surface area contributed by atoms with E-state index in [-0.39, 0.29) is 6.61 Å². The van der Waals surface area contributed by atoms with Crippen molar-refractivity contribution in [2.45, 2.75) is 39.3 Å². The Morgan fingerprint density at radius 1 is 0.941 bits per heavy atom. The third-order valence-corrected chi connectivity index (χ3v) is 1.96. The zero-order chi connectivity index (χ0) is 13.0. The molecule has 1 heterocycles. The number of rotatable bonds is 3. The third-order valence-electron chi connectivity index (χ3n) is 1.96. The van der Waals surface area contributed by atoms with E-state index in [4.69, 9.17) is 18.9 Å². The molecule has 0 amide bonds. The number of hydrogen-bond acceptors (Lipinski definition) is 7. The smallest absolute Gasteiger partial charge is 0.305 e. The second kappa shape index (κ2) is 5.62. The minimum Gasteiger partial charge on any atom is -0.456 e. The molecule has 0 unspecified atom stereocenters. The van der Waals surface area contributed by atoms with Gasteiger partial charge in [-0.15, -0.1) is 0 Å². The van der Waals surface area contributed by atoms with Gasteiger partial charge in [0.1, 0.15) is 0 Å². The van der Waals surface area contributed by atoms with Gasteiger partial charge in [-0.1, -0.05) is 0 Å². The van der Waals surface area contributed by atoms with Gasteiger partial charge < -0.3 is 18.9 Å². The van der Waals surface area contributed by atoms with Gasteiger partial charge in [0, 0.05) is 20.8 Å². The molecule has 3 atom stereocenters. The maximum atomic E-state index is 10.9. The van der Waals surface area contributed by atoms with Crippen molar-refractivity contribution in [1.82, 2.24) is 0 Å². The van der Waals surface area contributed by atoms with Crippen LogP contribution < -0.4 is 0 Å². The van der Waals surface area contributed by atoms with Crippen LogP contribution in [0.4, 0.5) is 0 Å². The SMILES string of the molecule is CC(=O)O[C@H]1OC[C@@H](OC(C)=O)[C@H]1OC(C)=O. The van der Waals surface area contributed by atoms with Crippen molar-refractivity contribution >= 4 is 17.9 Å². The van der Waals surface area contributed by atoms with Crippen LogP contribution in [0.1, 0.15) is 20.8 Å². The lowest BCUT2D eigenvalue weighted by Gasteiger charge is -2.21. The van der Waals surface area contributed by atoms with Gasteiger partial charge in [-0.3, -0.25) is 14.4 Å². The fraction of sp³-hybridized carbons (Fsp3) is 0.700. The molecule has 1 rings (SSSR count). The van der Waals surface area contributed by atoms with Crippen molar-refractivity contribution in [2.75, 3.05) is 6.61 Å². The molecule has 0 aliphatic carbocycles. The minimum absolute atomic E-state index is 0.00940. The lowest BCUT2D eigenvalue weighted by molar-refractivity contribution is -0.192. The highest BCUT2D eigenvalue weighted by Crippen LogP contribution is 2.22. The van der Waals surface area contributed by atoms with E-state index < -0.39 is 36.4 Å². The summed E-state index contributed by atoms with van der Waals surface area (Å²) in [6.07, 6.45) is -2.73. The van der Waals surface area contributed by atoms with Crippen LogP contribution in [-0.4, -0.2) is 43.0 Å². The molecule has 0 aromatic carbocycles. The summed E-state index contributed by atoms with van der Waals surface area (Å²) in [5, 5.41) is 0. The van der Waals surface area contributed by atoms with Gasteiger partial charge >= 0.3 is 17.9 Å². The Hall–Kier alpha value is -1.63. The molecule has 0 radical (unpaired) electrons. The standard InChI is InChI=1S/C10H14O7/c1-5(11)15-8-4-14-10(17-7(3)13)9(8)16-6(2)12/h8-10H,4H2,1-3H3/t8-,9-,10-/m1/s1. The summed E-state index contributed by atoms with van der Waals surface area (Å²) in [6, 6.07) is 0. The highest BCUT2D eigenvalue weighted by atomic mass is 16.7. The first-order chi connectivity index (χ1) is 7.90. The van der Waals surface area contributed by atoms with Crippen LogP contribution in [0.3, 0.4) is 0 Å². The molecular weight excluding hydrogens is 232 g/mol. The highest BCUT2D eigenvalue weighted by molar-refractivity contribution is 5.68.